The summed E-state index contributed by atoms with van der Waals surface area (Å²) in [6.07, 6.45) is 0. The normalized spacial score (nSPS) is 10.9. The second kappa shape index (κ2) is 5.06. The van der Waals surface area contributed by atoms with Crippen LogP contribution in [0.1, 0.15) is 6.92 Å². The lowest BCUT2D eigenvalue weighted by molar-refractivity contribution is 1.43. The van der Waals surface area contributed by atoms with Crippen molar-refractivity contribution in [3.05, 3.63) is 38.4 Å². The molecule has 0 unspecified atom stereocenters. The summed E-state index contributed by atoms with van der Waals surface area (Å²) < 4.78 is 2.51. The van der Waals surface area contributed by atoms with Crippen molar-refractivity contribution in [2.24, 2.45) is 0 Å². The summed E-state index contributed by atoms with van der Waals surface area (Å²) >= 11 is 7.94. The van der Waals surface area contributed by atoms with Gasteiger partial charge in [0.1, 0.15) is 0 Å². The zero-order valence-electron chi connectivity index (χ0n) is 8.26. The molecule has 0 aliphatic carbocycles. The molecule has 78 valence electrons. The maximum absolute atomic E-state index is 3.62. The molecule has 3 heteroatoms. The number of halogens is 2. The lowest BCUT2D eigenvalue weighted by Crippen LogP contribution is -1.85. The van der Waals surface area contributed by atoms with Crippen molar-refractivity contribution < 1.29 is 0 Å². The smallest absolute Gasteiger partial charge is 0.0285 e. The van der Waals surface area contributed by atoms with Crippen molar-refractivity contribution in [3.63, 3.8) is 0 Å². The van der Waals surface area contributed by atoms with E-state index in [9.17, 15) is 0 Å². The highest BCUT2D eigenvalue weighted by Crippen LogP contribution is 2.36. The van der Waals surface area contributed by atoms with E-state index in [2.05, 4.69) is 75.8 Å². The summed E-state index contributed by atoms with van der Waals surface area (Å²) in [6, 6.07) is 10.7. The van der Waals surface area contributed by atoms with Crippen LogP contribution in [0.4, 0.5) is 0 Å². The van der Waals surface area contributed by atoms with Crippen molar-refractivity contribution >= 4 is 61.1 Å². The van der Waals surface area contributed by atoms with Gasteiger partial charge in [0.15, 0.2) is 0 Å². The topological polar surface area (TPSA) is 0 Å². The molecular formula is C12H10BrIS. The monoisotopic (exact) mass is 392 g/mol. The minimum absolute atomic E-state index is 1.11. The molecule has 0 spiro atoms. The summed E-state index contributed by atoms with van der Waals surface area (Å²) in [6.45, 7) is 2.19. The van der Waals surface area contributed by atoms with E-state index in [0.717, 1.165) is 5.75 Å². The van der Waals surface area contributed by atoms with Crippen LogP contribution in [-0.2, 0) is 0 Å². The maximum Gasteiger partial charge on any atom is 0.0285 e. The molecule has 0 aromatic heterocycles. The number of hydrogen-bond acceptors (Lipinski definition) is 1. The highest BCUT2D eigenvalue weighted by atomic mass is 127. The second-order valence-corrected chi connectivity index (χ2v) is 6.44. The molecule has 2 aromatic carbocycles. The Morgan fingerprint density at radius 2 is 1.93 bits per heavy atom. The first-order valence-corrected chi connectivity index (χ1v) is 7.59. The third-order valence-electron chi connectivity index (χ3n) is 2.19. The molecule has 0 nitrogen and oxygen atoms in total. The van der Waals surface area contributed by atoms with E-state index >= 15 is 0 Å². The maximum atomic E-state index is 3.62. The molecule has 2 rings (SSSR count). The predicted octanol–water partition coefficient (Wildman–Crippen LogP) is 5.32. The van der Waals surface area contributed by atoms with Gasteiger partial charge in [-0.15, -0.1) is 11.8 Å². The molecule has 0 saturated heterocycles. The van der Waals surface area contributed by atoms with Crippen LogP contribution in [0.5, 0.6) is 0 Å². The highest BCUT2D eigenvalue weighted by Gasteiger charge is 2.08. The SMILES string of the molecule is CCSc1c(I)cc(Br)c2ccccc12. The van der Waals surface area contributed by atoms with Gasteiger partial charge in [-0.05, 0) is 45.2 Å². The Labute approximate surface area is 116 Å². The Bertz CT molecular complexity index is 496. The second-order valence-electron chi connectivity index (χ2n) is 3.15. The van der Waals surface area contributed by atoms with E-state index in [1.165, 1.54) is 23.7 Å². The van der Waals surface area contributed by atoms with E-state index in [0.29, 0.717) is 0 Å². The van der Waals surface area contributed by atoms with Crippen LogP contribution in [0.2, 0.25) is 0 Å². The van der Waals surface area contributed by atoms with E-state index < -0.39 is 0 Å². The number of thioether (sulfide) groups is 1. The highest BCUT2D eigenvalue weighted by molar-refractivity contribution is 14.1. The molecule has 0 fully saturated rings. The van der Waals surface area contributed by atoms with Crippen LogP contribution >= 0.6 is 50.3 Å². The molecule has 0 atom stereocenters. The molecular weight excluding hydrogens is 383 g/mol. The van der Waals surface area contributed by atoms with Gasteiger partial charge >= 0.3 is 0 Å². The van der Waals surface area contributed by atoms with Crippen molar-refractivity contribution in [1.82, 2.24) is 0 Å². The van der Waals surface area contributed by atoms with E-state index in [1.54, 1.807) is 0 Å². The Morgan fingerprint density at radius 1 is 1.27 bits per heavy atom. The molecule has 0 aliphatic rings. The summed E-state index contributed by atoms with van der Waals surface area (Å²) in [5, 5.41) is 2.65. The fourth-order valence-electron chi connectivity index (χ4n) is 1.56. The summed E-state index contributed by atoms with van der Waals surface area (Å²) in [7, 11) is 0. The third kappa shape index (κ3) is 2.34. The average molecular weight is 393 g/mol. The first kappa shape index (κ1) is 11.7. The lowest BCUT2D eigenvalue weighted by Gasteiger charge is -2.09. The van der Waals surface area contributed by atoms with Gasteiger partial charge < -0.3 is 0 Å². The molecule has 0 N–H and O–H groups in total. The Hall–Kier alpha value is 0.260. The first-order valence-electron chi connectivity index (χ1n) is 4.73. The van der Waals surface area contributed by atoms with Crippen molar-refractivity contribution in [2.45, 2.75) is 11.8 Å². The number of benzene rings is 2. The van der Waals surface area contributed by atoms with Crippen LogP contribution < -0.4 is 0 Å². The Balaban J connectivity index is 2.77. The third-order valence-corrected chi connectivity index (χ3v) is 5.08. The molecule has 0 heterocycles. The fourth-order valence-corrected chi connectivity index (χ4v) is 4.45. The first-order chi connectivity index (χ1) is 7.24. The molecule has 0 saturated carbocycles. The number of rotatable bonds is 2. The zero-order chi connectivity index (χ0) is 10.8. The van der Waals surface area contributed by atoms with Gasteiger partial charge in [-0.2, -0.15) is 0 Å². The van der Waals surface area contributed by atoms with Gasteiger partial charge in [0.05, 0.1) is 0 Å². The summed E-state index contributed by atoms with van der Waals surface area (Å²) in [4.78, 5) is 1.40. The molecule has 0 aliphatic heterocycles. The standard InChI is InChI=1S/C12H10BrIS/c1-2-15-12-9-6-4-3-5-8(9)10(13)7-11(12)14/h3-7H,2H2,1H3. The van der Waals surface area contributed by atoms with Crippen LogP contribution in [0.3, 0.4) is 0 Å². The molecule has 2 aromatic rings. The predicted molar refractivity (Wildman–Crippen MR) is 80.8 cm³/mol. The van der Waals surface area contributed by atoms with Crippen molar-refractivity contribution in [2.75, 3.05) is 5.75 Å². The molecule has 0 radical (unpaired) electrons. The van der Waals surface area contributed by atoms with Crippen LogP contribution in [0, 0.1) is 3.57 Å². The number of hydrogen-bond donors (Lipinski definition) is 0. The van der Waals surface area contributed by atoms with Gasteiger partial charge in [-0.25, -0.2) is 0 Å². The summed E-state index contributed by atoms with van der Waals surface area (Å²) in [5.41, 5.74) is 0. The van der Waals surface area contributed by atoms with Crippen molar-refractivity contribution in [3.8, 4) is 0 Å². The Kier molecular flexibility index (Phi) is 3.96. The molecule has 0 amide bonds. The zero-order valence-corrected chi connectivity index (χ0v) is 12.8. The number of fused-ring (bicyclic) bond motifs is 1. The van der Waals surface area contributed by atoms with Crippen LogP contribution in [-0.4, -0.2) is 5.75 Å². The van der Waals surface area contributed by atoms with Gasteiger partial charge in [0, 0.05) is 12.9 Å². The van der Waals surface area contributed by atoms with Crippen LogP contribution in [0.25, 0.3) is 10.8 Å². The van der Waals surface area contributed by atoms with E-state index in [1.807, 2.05) is 11.8 Å². The molecule has 0 bridgehead atoms. The minimum atomic E-state index is 1.11. The van der Waals surface area contributed by atoms with Crippen molar-refractivity contribution in [1.29, 1.82) is 0 Å². The van der Waals surface area contributed by atoms with Gasteiger partial charge in [0.25, 0.3) is 0 Å². The minimum Gasteiger partial charge on any atom is -0.125 e. The molecule has 15 heavy (non-hydrogen) atoms. The quantitative estimate of drug-likeness (QED) is 0.492. The summed E-state index contributed by atoms with van der Waals surface area (Å²) in [5.74, 6) is 1.11. The van der Waals surface area contributed by atoms with E-state index in [4.69, 9.17) is 0 Å². The lowest BCUT2D eigenvalue weighted by atomic mass is 10.1. The van der Waals surface area contributed by atoms with Gasteiger partial charge in [0.2, 0.25) is 0 Å². The average Bonchev–Trinajstić information content (AvgIpc) is 2.24. The fraction of sp³-hybridized carbons (Fsp3) is 0.167. The Morgan fingerprint density at radius 3 is 2.60 bits per heavy atom. The largest absolute Gasteiger partial charge is 0.125 e. The van der Waals surface area contributed by atoms with Gasteiger partial charge in [-0.1, -0.05) is 47.1 Å². The van der Waals surface area contributed by atoms with Crippen LogP contribution in [0.15, 0.2) is 39.7 Å². The van der Waals surface area contributed by atoms with Gasteiger partial charge in [-0.3, -0.25) is 0 Å². The van der Waals surface area contributed by atoms with E-state index in [-0.39, 0.29) is 0 Å².